The predicted molar refractivity (Wildman–Crippen MR) is 47.8 cm³/mol. The third-order valence-electron chi connectivity index (χ3n) is 1.89. The van der Waals surface area contributed by atoms with Crippen molar-refractivity contribution in [2.45, 2.75) is 6.42 Å². The molecule has 0 spiro atoms. The minimum atomic E-state index is -0.552. The van der Waals surface area contributed by atoms with Gasteiger partial charge < -0.3 is 0 Å². The Labute approximate surface area is 79.6 Å². The van der Waals surface area contributed by atoms with Crippen LogP contribution in [0.1, 0.15) is 11.1 Å². The number of nitrogens with zero attached hydrogens (tertiary/aromatic N) is 1. The van der Waals surface area contributed by atoms with Gasteiger partial charge in [-0.15, -0.1) is 0 Å². The fraction of sp³-hybridized carbons (Fsp3) is 0.100. The van der Waals surface area contributed by atoms with Crippen LogP contribution in [0, 0.1) is 11.6 Å². The van der Waals surface area contributed by atoms with Crippen molar-refractivity contribution < 1.29 is 8.78 Å². The summed E-state index contributed by atoms with van der Waals surface area (Å²) in [5, 5.41) is 6.39. The first-order valence-corrected chi connectivity index (χ1v) is 4.16. The fourth-order valence-corrected chi connectivity index (χ4v) is 1.32. The van der Waals surface area contributed by atoms with E-state index in [0.717, 1.165) is 11.6 Å². The van der Waals surface area contributed by atoms with Gasteiger partial charge in [0.25, 0.3) is 0 Å². The molecule has 0 aliphatic carbocycles. The van der Waals surface area contributed by atoms with E-state index in [4.69, 9.17) is 0 Å². The van der Waals surface area contributed by atoms with E-state index in [-0.39, 0.29) is 0 Å². The highest BCUT2D eigenvalue weighted by Gasteiger charge is 2.02. The molecular formula is C10H8F2N2. The zero-order chi connectivity index (χ0) is 9.97. The third kappa shape index (κ3) is 1.96. The van der Waals surface area contributed by atoms with Crippen molar-refractivity contribution in [2.24, 2.45) is 0 Å². The minimum absolute atomic E-state index is 0.477. The Bertz CT molecular complexity index is 403. The fourth-order valence-electron chi connectivity index (χ4n) is 1.32. The molecule has 0 fully saturated rings. The molecule has 1 heterocycles. The molecular weight excluding hydrogens is 186 g/mol. The molecule has 2 nitrogen and oxygen atoms in total. The van der Waals surface area contributed by atoms with Crippen LogP contribution in [0.2, 0.25) is 0 Å². The maximum atomic E-state index is 12.8. The van der Waals surface area contributed by atoms with Gasteiger partial charge in [-0.3, -0.25) is 5.10 Å². The average Bonchev–Trinajstić information content (AvgIpc) is 2.54. The van der Waals surface area contributed by atoms with E-state index in [0.29, 0.717) is 12.0 Å². The first-order chi connectivity index (χ1) is 6.74. The van der Waals surface area contributed by atoms with Gasteiger partial charge in [0.15, 0.2) is 0 Å². The van der Waals surface area contributed by atoms with Crippen LogP contribution in [0.25, 0.3) is 0 Å². The van der Waals surface area contributed by atoms with Crippen LogP contribution in [0.3, 0.4) is 0 Å². The number of hydrogen-bond donors (Lipinski definition) is 1. The Balaban J connectivity index is 2.25. The largest absolute Gasteiger partial charge is 0.285 e. The van der Waals surface area contributed by atoms with Crippen LogP contribution < -0.4 is 0 Å². The molecule has 0 radical (unpaired) electrons. The monoisotopic (exact) mass is 194 g/mol. The van der Waals surface area contributed by atoms with Gasteiger partial charge in [0.2, 0.25) is 0 Å². The Morgan fingerprint density at radius 2 is 1.79 bits per heavy atom. The molecule has 1 N–H and O–H groups in total. The van der Waals surface area contributed by atoms with E-state index in [9.17, 15) is 8.78 Å². The van der Waals surface area contributed by atoms with E-state index in [1.54, 1.807) is 12.4 Å². The van der Waals surface area contributed by atoms with Crippen molar-refractivity contribution in [1.82, 2.24) is 10.2 Å². The number of aromatic amines is 1. The van der Waals surface area contributed by atoms with Crippen molar-refractivity contribution in [3.63, 3.8) is 0 Å². The quantitative estimate of drug-likeness (QED) is 0.780. The average molecular weight is 194 g/mol. The third-order valence-corrected chi connectivity index (χ3v) is 1.89. The van der Waals surface area contributed by atoms with Gasteiger partial charge in [-0.05, 0) is 23.3 Å². The van der Waals surface area contributed by atoms with Gasteiger partial charge in [0.05, 0.1) is 6.20 Å². The van der Waals surface area contributed by atoms with Crippen molar-refractivity contribution >= 4 is 0 Å². The van der Waals surface area contributed by atoms with Crippen LogP contribution in [0.5, 0.6) is 0 Å². The smallest absolute Gasteiger partial charge is 0.126 e. The molecule has 14 heavy (non-hydrogen) atoms. The maximum Gasteiger partial charge on any atom is 0.126 e. The van der Waals surface area contributed by atoms with E-state index >= 15 is 0 Å². The lowest BCUT2D eigenvalue weighted by Crippen LogP contribution is -1.89. The maximum absolute atomic E-state index is 12.8. The second-order valence-corrected chi connectivity index (χ2v) is 3.06. The highest BCUT2D eigenvalue weighted by molar-refractivity contribution is 5.23. The molecule has 72 valence electrons. The number of H-pyrrole nitrogens is 1. The van der Waals surface area contributed by atoms with Crippen LogP contribution in [-0.2, 0) is 6.42 Å². The van der Waals surface area contributed by atoms with Gasteiger partial charge in [0.1, 0.15) is 11.6 Å². The van der Waals surface area contributed by atoms with Gasteiger partial charge in [-0.25, -0.2) is 8.78 Å². The van der Waals surface area contributed by atoms with E-state index < -0.39 is 11.6 Å². The standard InChI is InChI=1S/C10H8F2N2/c11-9-2-7(3-10(12)4-9)1-8-5-13-14-6-8/h2-6H,1H2,(H,13,14). The summed E-state index contributed by atoms with van der Waals surface area (Å²) >= 11 is 0. The van der Waals surface area contributed by atoms with Crippen molar-refractivity contribution in [3.05, 3.63) is 53.4 Å². The molecule has 1 aromatic carbocycles. The molecule has 0 unspecified atom stereocenters. The molecule has 0 bridgehead atoms. The second-order valence-electron chi connectivity index (χ2n) is 3.06. The Morgan fingerprint density at radius 1 is 1.07 bits per heavy atom. The van der Waals surface area contributed by atoms with E-state index in [1.165, 1.54) is 12.1 Å². The Kier molecular flexibility index (Phi) is 2.26. The molecule has 2 rings (SSSR count). The SMILES string of the molecule is Fc1cc(F)cc(Cc2cn[nH]c2)c1. The number of nitrogens with one attached hydrogen (secondary N) is 1. The summed E-state index contributed by atoms with van der Waals surface area (Å²) in [6.07, 6.45) is 3.80. The minimum Gasteiger partial charge on any atom is -0.285 e. The number of aromatic nitrogens is 2. The lowest BCUT2D eigenvalue weighted by Gasteiger charge is -1.99. The van der Waals surface area contributed by atoms with Crippen molar-refractivity contribution in [3.8, 4) is 0 Å². The molecule has 0 atom stereocenters. The zero-order valence-electron chi connectivity index (χ0n) is 7.30. The summed E-state index contributed by atoms with van der Waals surface area (Å²) in [5.41, 5.74) is 1.50. The van der Waals surface area contributed by atoms with Gasteiger partial charge in [0, 0.05) is 18.7 Å². The highest BCUT2D eigenvalue weighted by atomic mass is 19.1. The number of halogens is 2. The Morgan fingerprint density at radius 3 is 2.36 bits per heavy atom. The molecule has 4 heteroatoms. The van der Waals surface area contributed by atoms with Crippen molar-refractivity contribution in [1.29, 1.82) is 0 Å². The molecule has 1 aromatic heterocycles. The normalized spacial score (nSPS) is 10.4. The van der Waals surface area contributed by atoms with E-state index in [1.807, 2.05) is 0 Å². The first-order valence-electron chi connectivity index (χ1n) is 4.16. The summed E-state index contributed by atoms with van der Waals surface area (Å²) in [6.45, 7) is 0. The molecule has 0 aliphatic rings. The lowest BCUT2D eigenvalue weighted by atomic mass is 10.1. The predicted octanol–water partition coefficient (Wildman–Crippen LogP) is 2.28. The van der Waals surface area contributed by atoms with Crippen LogP contribution >= 0.6 is 0 Å². The summed E-state index contributed by atoms with van der Waals surface area (Å²) in [5.74, 6) is -1.10. The summed E-state index contributed by atoms with van der Waals surface area (Å²) < 4.78 is 25.6. The molecule has 2 aromatic rings. The topological polar surface area (TPSA) is 28.7 Å². The molecule has 0 saturated heterocycles. The number of benzene rings is 1. The number of hydrogen-bond acceptors (Lipinski definition) is 1. The van der Waals surface area contributed by atoms with E-state index in [2.05, 4.69) is 10.2 Å². The van der Waals surface area contributed by atoms with Crippen LogP contribution in [0.4, 0.5) is 8.78 Å². The van der Waals surface area contributed by atoms with Crippen molar-refractivity contribution in [2.75, 3.05) is 0 Å². The van der Waals surface area contributed by atoms with Gasteiger partial charge in [-0.1, -0.05) is 0 Å². The summed E-state index contributed by atoms with van der Waals surface area (Å²) in [7, 11) is 0. The molecule has 0 aliphatic heterocycles. The first kappa shape index (κ1) is 8.87. The zero-order valence-corrected chi connectivity index (χ0v) is 7.30. The highest BCUT2D eigenvalue weighted by Crippen LogP contribution is 2.11. The van der Waals surface area contributed by atoms with Crippen LogP contribution in [-0.4, -0.2) is 10.2 Å². The lowest BCUT2D eigenvalue weighted by molar-refractivity contribution is 0.580. The summed E-state index contributed by atoms with van der Waals surface area (Å²) in [4.78, 5) is 0. The number of rotatable bonds is 2. The summed E-state index contributed by atoms with van der Waals surface area (Å²) in [6, 6.07) is 3.49. The second kappa shape index (κ2) is 3.57. The Hall–Kier alpha value is -1.71. The molecule has 0 saturated carbocycles. The molecule has 0 amide bonds. The van der Waals surface area contributed by atoms with Crippen LogP contribution in [0.15, 0.2) is 30.6 Å². The van der Waals surface area contributed by atoms with Gasteiger partial charge >= 0.3 is 0 Å². The van der Waals surface area contributed by atoms with Gasteiger partial charge in [-0.2, -0.15) is 5.10 Å².